The third-order valence-electron chi connectivity index (χ3n) is 2.42. The van der Waals surface area contributed by atoms with E-state index in [2.05, 4.69) is 27.0 Å². The maximum atomic E-state index is 11.2. The lowest BCUT2D eigenvalue weighted by Crippen LogP contribution is -2.10. The minimum Gasteiger partial charge on any atom is -0.461 e. The number of carbonyl (C=O) groups is 2. The van der Waals surface area contributed by atoms with Crippen LogP contribution in [0.4, 0.5) is 0 Å². The van der Waals surface area contributed by atoms with Crippen molar-refractivity contribution in [1.82, 2.24) is 0 Å². The van der Waals surface area contributed by atoms with Crippen molar-refractivity contribution in [1.29, 1.82) is 0 Å². The summed E-state index contributed by atoms with van der Waals surface area (Å²) in [5.74, 6) is 0.861. The van der Waals surface area contributed by atoms with E-state index in [1.54, 1.807) is 37.4 Å². The van der Waals surface area contributed by atoms with Crippen LogP contribution in [0.5, 0.6) is 0 Å². The van der Waals surface area contributed by atoms with Gasteiger partial charge in [0.05, 0.1) is 0 Å². The topological polar surface area (TPSA) is 52.6 Å². The molecule has 0 saturated heterocycles. The van der Waals surface area contributed by atoms with Gasteiger partial charge in [0.1, 0.15) is 13.2 Å². The molecule has 132 valence electrons. The predicted octanol–water partition coefficient (Wildman–Crippen LogP) is 4.12. The van der Waals surface area contributed by atoms with Gasteiger partial charge in [0, 0.05) is 31.8 Å². The Morgan fingerprint density at radius 3 is 1.52 bits per heavy atom. The summed E-state index contributed by atoms with van der Waals surface area (Å²) >= 11 is 5.34. The lowest BCUT2D eigenvalue weighted by atomic mass is 10.4. The molecule has 0 rings (SSSR count). The number of ether oxygens (including phenoxy) is 2. The maximum Gasteiger partial charge on any atom is 0.333 e. The van der Waals surface area contributed by atoms with Crippen molar-refractivity contribution in [2.75, 3.05) is 24.7 Å². The molecule has 0 heterocycles. The Labute approximate surface area is 152 Å². The molecule has 0 aromatic heterocycles. The summed E-state index contributed by atoms with van der Waals surface area (Å²) in [7, 11) is 0. The van der Waals surface area contributed by atoms with Crippen molar-refractivity contribution < 1.29 is 19.1 Å². The number of hydrogen-bond donors (Lipinski definition) is 0. The van der Waals surface area contributed by atoms with Gasteiger partial charge in [-0.3, -0.25) is 0 Å². The molecule has 2 atom stereocenters. The second-order valence-corrected chi connectivity index (χ2v) is 10.0. The summed E-state index contributed by atoms with van der Waals surface area (Å²) < 4.78 is 10.9. The highest BCUT2D eigenvalue weighted by atomic mass is 32.2. The zero-order chi connectivity index (χ0) is 17.8. The van der Waals surface area contributed by atoms with Crippen molar-refractivity contribution in [3.63, 3.8) is 0 Å². The highest BCUT2D eigenvalue weighted by Crippen LogP contribution is 2.32. The maximum absolute atomic E-state index is 11.2. The monoisotopic (exact) mass is 378 g/mol. The van der Waals surface area contributed by atoms with Crippen molar-refractivity contribution in [2.24, 2.45) is 0 Å². The number of rotatable bonds is 12. The average Bonchev–Trinajstić information content (AvgIpc) is 2.47. The Hall–Kier alpha value is -0.530. The van der Waals surface area contributed by atoms with Crippen molar-refractivity contribution >= 4 is 47.2 Å². The van der Waals surface area contributed by atoms with Crippen LogP contribution in [0.2, 0.25) is 0 Å². The summed E-state index contributed by atoms with van der Waals surface area (Å²) in [5, 5.41) is 0. The minimum atomic E-state index is -0.334. The summed E-state index contributed by atoms with van der Waals surface area (Å²) in [6, 6.07) is 0. The zero-order valence-corrected chi connectivity index (χ0v) is 16.7. The van der Waals surface area contributed by atoms with Gasteiger partial charge in [-0.05, 0) is 27.7 Å². The highest BCUT2D eigenvalue weighted by molar-refractivity contribution is 8.24. The van der Waals surface area contributed by atoms with Crippen LogP contribution in [0.1, 0.15) is 27.7 Å². The second kappa shape index (κ2) is 12.8. The van der Waals surface area contributed by atoms with Crippen LogP contribution >= 0.6 is 35.3 Å². The SMILES string of the molecule is C=C(C)C(=O)OCCSC(C)SC(C)SCCOC(=O)C(=C)C. The third-order valence-corrected chi connectivity index (χ3v) is 6.41. The summed E-state index contributed by atoms with van der Waals surface area (Å²) in [4.78, 5) is 22.4. The van der Waals surface area contributed by atoms with E-state index in [0.29, 0.717) is 33.5 Å². The molecule has 0 amide bonds. The molecule has 0 spiro atoms. The first-order valence-electron chi connectivity index (χ1n) is 7.28. The van der Waals surface area contributed by atoms with E-state index in [9.17, 15) is 9.59 Å². The van der Waals surface area contributed by atoms with Gasteiger partial charge in [-0.15, -0.1) is 35.3 Å². The Kier molecular flexibility index (Phi) is 12.5. The predicted molar refractivity (Wildman–Crippen MR) is 103 cm³/mol. The molecule has 0 fully saturated rings. The molecule has 0 aliphatic carbocycles. The van der Waals surface area contributed by atoms with Gasteiger partial charge in [-0.2, -0.15) is 0 Å². The third kappa shape index (κ3) is 12.5. The van der Waals surface area contributed by atoms with Crippen molar-refractivity contribution in [3.8, 4) is 0 Å². The van der Waals surface area contributed by atoms with Gasteiger partial charge in [-0.1, -0.05) is 13.2 Å². The molecule has 0 bridgehead atoms. The summed E-state index contributed by atoms with van der Waals surface area (Å²) in [6.45, 7) is 15.4. The van der Waals surface area contributed by atoms with E-state index in [-0.39, 0.29) is 11.9 Å². The van der Waals surface area contributed by atoms with Gasteiger partial charge in [-0.25, -0.2) is 9.59 Å². The molecule has 0 aromatic rings. The van der Waals surface area contributed by atoms with Gasteiger partial charge in [0.2, 0.25) is 0 Å². The lowest BCUT2D eigenvalue weighted by Gasteiger charge is -2.16. The molecule has 4 nitrogen and oxygen atoms in total. The molecule has 2 unspecified atom stereocenters. The lowest BCUT2D eigenvalue weighted by molar-refractivity contribution is -0.139. The van der Waals surface area contributed by atoms with Gasteiger partial charge < -0.3 is 9.47 Å². The summed E-state index contributed by atoms with van der Waals surface area (Å²) in [6.07, 6.45) is 0. The van der Waals surface area contributed by atoms with Crippen LogP contribution in [0, 0.1) is 0 Å². The van der Waals surface area contributed by atoms with Crippen LogP contribution in [0.15, 0.2) is 24.3 Å². The number of esters is 2. The summed E-state index contributed by atoms with van der Waals surface area (Å²) in [5.41, 5.74) is 0.851. The van der Waals surface area contributed by atoms with E-state index in [0.717, 1.165) is 11.5 Å². The standard InChI is InChI=1S/C16H26O4S3/c1-11(2)15(17)19-7-9-21-13(5)23-14(6)22-10-8-20-16(18)12(3)4/h13-14H,1,3,7-10H2,2,4-6H3. The minimum absolute atomic E-state index is 0.334. The largest absolute Gasteiger partial charge is 0.461 e. The molecule has 7 heteroatoms. The quantitative estimate of drug-likeness (QED) is 0.219. The molecular formula is C16H26O4S3. The van der Waals surface area contributed by atoms with E-state index < -0.39 is 0 Å². The Morgan fingerprint density at radius 1 is 0.870 bits per heavy atom. The van der Waals surface area contributed by atoms with Crippen LogP contribution in [0.25, 0.3) is 0 Å². The Morgan fingerprint density at radius 2 is 1.22 bits per heavy atom. The van der Waals surface area contributed by atoms with E-state index in [4.69, 9.17) is 9.47 Å². The van der Waals surface area contributed by atoms with Gasteiger partial charge in [0.25, 0.3) is 0 Å². The molecule has 0 aromatic carbocycles. The van der Waals surface area contributed by atoms with Crippen molar-refractivity contribution in [2.45, 2.75) is 36.9 Å². The number of thioether (sulfide) groups is 3. The van der Waals surface area contributed by atoms with Gasteiger partial charge >= 0.3 is 11.9 Å². The number of carbonyl (C=O) groups excluding carboxylic acids is 2. The van der Waals surface area contributed by atoms with E-state index in [1.165, 1.54) is 0 Å². The molecule has 23 heavy (non-hydrogen) atoms. The first-order chi connectivity index (χ1) is 10.7. The fraction of sp³-hybridized carbons (Fsp3) is 0.625. The first kappa shape index (κ1) is 22.5. The smallest absolute Gasteiger partial charge is 0.333 e. The van der Waals surface area contributed by atoms with E-state index >= 15 is 0 Å². The first-order valence-corrected chi connectivity index (χ1v) is 10.3. The number of hydrogen-bond acceptors (Lipinski definition) is 7. The Balaban J connectivity index is 3.67. The average molecular weight is 379 g/mol. The molecule has 0 radical (unpaired) electrons. The van der Waals surface area contributed by atoms with Gasteiger partial charge in [0.15, 0.2) is 0 Å². The second-order valence-electron chi connectivity index (χ2n) is 4.85. The molecule has 0 N–H and O–H groups in total. The highest BCUT2D eigenvalue weighted by Gasteiger charge is 2.11. The van der Waals surface area contributed by atoms with Crippen molar-refractivity contribution in [3.05, 3.63) is 24.3 Å². The fourth-order valence-electron chi connectivity index (χ4n) is 1.29. The fourth-order valence-corrected chi connectivity index (χ4v) is 5.27. The normalized spacial score (nSPS) is 13.0. The molecule has 0 aliphatic rings. The Bertz CT molecular complexity index is 386. The van der Waals surface area contributed by atoms with Crippen LogP contribution in [-0.4, -0.2) is 45.8 Å². The molecular weight excluding hydrogens is 352 g/mol. The molecule has 0 aliphatic heterocycles. The van der Waals surface area contributed by atoms with Crippen LogP contribution in [-0.2, 0) is 19.1 Å². The zero-order valence-electron chi connectivity index (χ0n) is 14.3. The molecule has 0 saturated carbocycles. The van der Waals surface area contributed by atoms with Crippen LogP contribution < -0.4 is 0 Å². The van der Waals surface area contributed by atoms with E-state index in [1.807, 2.05) is 11.8 Å². The van der Waals surface area contributed by atoms with Crippen LogP contribution in [0.3, 0.4) is 0 Å².